The lowest BCUT2D eigenvalue weighted by Crippen LogP contribution is -2.41. The van der Waals surface area contributed by atoms with Crippen LogP contribution in [0.2, 0.25) is 0 Å². The minimum absolute atomic E-state index is 0.200. The second kappa shape index (κ2) is 8.42. The first kappa shape index (κ1) is 17.1. The second-order valence-corrected chi connectivity index (χ2v) is 7.13. The molecule has 1 saturated heterocycles. The first-order valence-electron chi connectivity index (χ1n) is 9.24. The van der Waals surface area contributed by atoms with Crippen molar-refractivity contribution in [3.05, 3.63) is 18.3 Å². The third-order valence-corrected chi connectivity index (χ3v) is 5.19. The standard InChI is InChI=1S/C18H29N5O/c1-22(13-10-18(24)20-15-6-2-3-7-15)14-16-8-5-12-23(16)17-9-4-11-19-21-17/h4,9,11,15-16H,2-3,5-8,10,12-14H2,1H3,(H,20,24)/t16-/m0/s1. The van der Waals surface area contributed by atoms with E-state index >= 15 is 0 Å². The Morgan fingerprint density at radius 2 is 2.17 bits per heavy atom. The number of hydrogen-bond donors (Lipinski definition) is 1. The van der Waals surface area contributed by atoms with Crippen molar-refractivity contribution in [2.45, 2.75) is 57.0 Å². The predicted molar refractivity (Wildman–Crippen MR) is 94.9 cm³/mol. The summed E-state index contributed by atoms with van der Waals surface area (Å²) < 4.78 is 0. The first-order chi connectivity index (χ1) is 11.7. The molecular weight excluding hydrogens is 302 g/mol. The molecule has 0 spiro atoms. The molecule has 1 N–H and O–H groups in total. The Labute approximate surface area is 144 Å². The topological polar surface area (TPSA) is 61.4 Å². The molecule has 0 radical (unpaired) electrons. The second-order valence-electron chi connectivity index (χ2n) is 7.13. The van der Waals surface area contributed by atoms with Crippen LogP contribution in [0.3, 0.4) is 0 Å². The van der Waals surface area contributed by atoms with Crippen LogP contribution >= 0.6 is 0 Å². The van der Waals surface area contributed by atoms with Crippen molar-refractivity contribution in [3.63, 3.8) is 0 Å². The van der Waals surface area contributed by atoms with Gasteiger partial charge in [0, 0.05) is 44.3 Å². The van der Waals surface area contributed by atoms with E-state index in [1.54, 1.807) is 6.20 Å². The number of carbonyl (C=O) groups excluding carboxylic acids is 1. The van der Waals surface area contributed by atoms with Crippen molar-refractivity contribution < 1.29 is 4.79 Å². The van der Waals surface area contributed by atoms with E-state index in [0.717, 1.165) is 38.3 Å². The van der Waals surface area contributed by atoms with E-state index in [1.165, 1.54) is 25.7 Å². The van der Waals surface area contributed by atoms with Gasteiger partial charge in [0.15, 0.2) is 5.82 Å². The van der Waals surface area contributed by atoms with Crippen LogP contribution in [-0.4, -0.2) is 59.8 Å². The first-order valence-corrected chi connectivity index (χ1v) is 9.24. The Kier molecular flexibility index (Phi) is 6.01. The van der Waals surface area contributed by atoms with Crippen molar-refractivity contribution >= 4 is 11.7 Å². The molecular formula is C18H29N5O. The smallest absolute Gasteiger partial charge is 0.221 e. The summed E-state index contributed by atoms with van der Waals surface area (Å²) in [5.74, 6) is 1.17. The molecule has 0 aromatic carbocycles. The SMILES string of the molecule is CN(CCC(=O)NC1CCCC1)C[C@@H]1CCCN1c1cccnn1. The van der Waals surface area contributed by atoms with E-state index < -0.39 is 0 Å². The molecule has 0 unspecified atom stereocenters. The highest BCUT2D eigenvalue weighted by Crippen LogP contribution is 2.23. The van der Waals surface area contributed by atoms with E-state index in [2.05, 4.69) is 32.4 Å². The molecule has 6 heteroatoms. The molecule has 2 heterocycles. The van der Waals surface area contributed by atoms with Crippen molar-refractivity contribution in [1.29, 1.82) is 0 Å². The number of rotatable bonds is 7. The minimum atomic E-state index is 0.200. The van der Waals surface area contributed by atoms with Gasteiger partial charge in [-0.2, -0.15) is 5.10 Å². The highest BCUT2D eigenvalue weighted by atomic mass is 16.1. The van der Waals surface area contributed by atoms with E-state index in [4.69, 9.17) is 0 Å². The number of carbonyl (C=O) groups is 1. The summed E-state index contributed by atoms with van der Waals surface area (Å²) in [6.07, 6.45) is 9.48. The lowest BCUT2D eigenvalue weighted by molar-refractivity contribution is -0.122. The molecule has 1 aliphatic heterocycles. The molecule has 0 bridgehead atoms. The van der Waals surface area contributed by atoms with Gasteiger partial charge in [-0.25, -0.2) is 0 Å². The summed E-state index contributed by atoms with van der Waals surface area (Å²) in [6.45, 7) is 2.82. The van der Waals surface area contributed by atoms with Crippen LogP contribution in [0, 0.1) is 0 Å². The van der Waals surface area contributed by atoms with Crippen LogP contribution in [0.1, 0.15) is 44.9 Å². The molecule has 2 fully saturated rings. The number of amides is 1. The fourth-order valence-electron chi connectivity index (χ4n) is 3.89. The minimum Gasteiger partial charge on any atom is -0.353 e. The molecule has 1 atom stereocenters. The fourth-order valence-corrected chi connectivity index (χ4v) is 3.89. The Morgan fingerprint density at radius 3 is 2.92 bits per heavy atom. The average Bonchev–Trinajstić information content (AvgIpc) is 3.26. The Hall–Kier alpha value is -1.69. The molecule has 1 amide bonds. The lowest BCUT2D eigenvalue weighted by atomic mass is 10.2. The monoisotopic (exact) mass is 331 g/mol. The van der Waals surface area contributed by atoms with Gasteiger partial charge in [-0.3, -0.25) is 4.79 Å². The van der Waals surface area contributed by atoms with E-state index in [-0.39, 0.29) is 5.91 Å². The maximum Gasteiger partial charge on any atom is 0.221 e. The molecule has 1 aromatic heterocycles. The normalized spacial score (nSPS) is 21.6. The number of nitrogens with one attached hydrogen (secondary N) is 1. The summed E-state index contributed by atoms with van der Waals surface area (Å²) in [5.41, 5.74) is 0. The van der Waals surface area contributed by atoms with Gasteiger partial charge in [-0.05, 0) is 44.9 Å². The number of hydrogen-bond acceptors (Lipinski definition) is 5. The maximum absolute atomic E-state index is 12.1. The molecule has 3 rings (SSSR count). The summed E-state index contributed by atoms with van der Waals surface area (Å²) in [6, 6.07) is 4.85. The zero-order chi connectivity index (χ0) is 16.8. The van der Waals surface area contributed by atoms with Crippen molar-refractivity contribution in [3.8, 4) is 0 Å². The molecule has 24 heavy (non-hydrogen) atoms. The van der Waals surface area contributed by atoms with Crippen LogP contribution in [0.5, 0.6) is 0 Å². The van der Waals surface area contributed by atoms with Crippen molar-refractivity contribution in [1.82, 2.24) is 20.4 Å². The summed E-state index contributed by atoms with van der Waals surface area (Å²) in [4.78, 5) is 16.7. The van der Waals surface area contributed by atoms with Crippen LogP contribution in [-0.2, 0) is 4.79 Å². The highest BCUT2D eigenvalue weighted by molar-refractivity contribution is 5.76. The zero-order valence-corrected chi connectivity index (χ0v) is 14.7. The Morgan fingerprint density at radius 1 is 1.33 bits per heavy atom. The number of likely N-dealkylation sites (N-methyl/N-ethyl adjacent to an activating group) is 1. The Bertz CT molecular complexity index is 517. The van der Waals surface area contributed by atoms with E-state index in [9.17, 15) is 4.79 Å². The zero-order valence-electron chi connectivity index (χ0n) is 14.7. The number of anilines is 1. The highest BCUT2D eigenvalue weighted by Gasteiger charge is 2.27. The van der Waals surface area contributed by atoms with Gasteiger partial charge in [0.05, 0.1) is 0 Å². The van der Waals surface area contributed by atoms with Gasteiger partial charge < -0.3 is 15.1 Å². The van der Waals surface area contributed by atoms with Crippen LogP contribution in [0.15, 0.2) is 18.3 Å². The molecule has 2 aliphatic rings. The van der Waals surface area contributed by atoms with Crippen molar-refractivity contribution in [2.75, 3.05) is 31.6 Å². The average molecular weight is 331 g/mol. The van der Waals surface area contributed by atoms with Gasteiger partial charge in [-0.1, -0.05) is 12.8 Å². The van der Waals surface area contributed by atoms with Crippen molar-refractivity contribution in [2.24, 2.45) is 0 Å². The molecule has 132 valence electrons. The predicted octanol–water partition coefficient (Wildman–Crippen LogP) is 1.83. The third-order valence-electron chi connectivity index (χ3n) is 5.19. The Balaban J connectivity index is 1.42. The van der Waals surface area contributed by atoms with Gasteiger partial charge in [0.25, 0.3) is 0 Å². The third kappa shape index (κ3) is 4.66. The summed E-state index contributed by atoms with van der Waals surface area (Å²) in [5, 5.41) is 11.4. The van der Waals surface area contributed by atoms with E-state index in [1.807, 2.05) is 12.1 Å². The molecule has 1 aliphatic carbocycles. The van der Waals surface area contributed by atoms with Gasteiger partial charge in [-0.15, -0.1) is 5.10 Å². The van der Waals surface area contributed by atoms with E-state index in [0.29, 0.717) is 18.5 Å². The van der Waals surface area contributed by atoms with Gasteiger partial charge in [0.1, 0.15) is 0 Å². The summed E-state index contributed by atoms with van der Waals surface area (Å²) >= 11 is 0. The van der Waals surface area contributed by atoms with Crippen LogP contribution in [0.4, 0.5) is 5.82 Å². The molecule has 1 aromatic rings. The maximum atomic E-state index is 12.1. The fraction of sp³-hybridized carbons (Fsp3) is 0.722. The largest absolute Gasteiger partial charge is 0.353 e. The summed E-state index contributed by atoms with van der Waals surface area (Å²) in [7, 11) is 2.11. The van der Waals surface area contributed by atoms with Gasteiger partial charge in [0.2, 0.25) is 5.91 Å². The van der Waals surface area contributed by atoms with Crippen LogP contribution in [0.25, 0.3) is 0 Å². The quantitative estimate of drug-likeness (QED) is 0.826. The molecule has 1 saturated carbocycles. The lowest BCUT2D eigenvalue weighted by Gasteiger charge is -2.29. The molecule has 6 nitrogen and oxygen atoms in total. The number of nitrogens with zero attached hydrogens (tertiary/aromatic N) is 4. The van der Waals surface area contributed by atoms with Gasteiger partial charge >= 0.3 is 0 Å². The number of aromatic nitrogens is 2. The van der Waals surface area contributed by atoms with Crippen LogP contribution < -0.4 is 10.2 Å².